The third-order valence-corrected chi connectivity index (χ3v) is 3.75. The fourth-order valence-corrected chi connectivity index (χ4v) is 3.02. The summed E-state index contributed by atoms with van der Waals surface area (Å²) in [5, 5.41) is 8.99. The van der Waals surface area contributed by atoms with Gasteiger partial charge in [0, 0.05) is 16.7 Å². The molecule has 4 nitrogen and oxygen atoms in total. The fraction of sp³-hybridized carbons (Fsp3) is 0.125. The number of fused-ring (bicyclic) bond motifs is 1. The molecule has 5 heteroatoms. The van der Waals surface area contributed by atoms with Crippen LogP contribution in [0.5, 0.6) is 0 Å². The molecule has 2 N–H and O–H groups in total. The maximum absolute atomic E-state index is 8.99. The molecule has 0 saturated heterocycles. The zero-order valence-electron chi connectivity index (χ0n) is 11.3. The number of rotatable bonds is 3. The molecule has 0 fully saturated rings. The molecule has 0 unspecified atom stereocenters. The first-order valence-electron chi connectivity index (χ1n) is 6.53. The van der Waals surface area contributed by atoms with Gasteiger partial charge in [-0.1, -0.05) is 28.1 Å². The van der Waals surface area contributed by atoms with Crippen molar-refractivity contribution in [2.24, 2.45) is 0 Å². The van der Waals surface area contributed by atoms with Crippen LogP contribution in [0.1, 0.15) is 11.4 Å². The normalized spacial score (nSPS) is 10.7. The Labute approximate surface area is 131 Å². The Hall–Kier alpha value is -2.32. The summed E-state index contributed by atoms with van der Waals surface area (Å²) in [6.07, 6.45) is 0.290. The molecular formula is C16H13BrN4. The molecule has 2 aromatic carbocycles. The van der Waals surface area contributed by atoms with Gasteiger partial charge in [0.1, 0.15) is 5.82 Å². The lowest BCUT2D eigenvalue weighted by molar-refractivity contribution is 0.769. The van der Waals surface area contributed by atoms with Gasteiger partial charge in [-0.15, -0.1) is 0 Å². The van der Waals surface area contributed by atoms with Crippen LogP contribution in [0.25, 0.3) is 11.0 Å². The minimum atomic E-state index is 0.290. The second-order valence-corrected chi connectivity index (χ2v) is 5.75. The first-order chi connectivity index (χ1) is 10.2. The average Bonchev–Trinajstić information content (AvgIpc) is 2.76. The monoisotopic (exact) mass is 340 g/mol. The molecule has 0 radical (unpaired) electrons. The Kier molecular flexibility index (Phi) is 3.63. The lowest BCUT2D eigenvalue weighted by Gasteiger charge is -2.09. The number of halogens is 1. The van der Waals surface area contributed by atoms with Gasteiger partial charge in [0.2, 0.25) is 0 Å². The molecule has 0 atom stereocenters. The summed E-state index contributed by atoms with van der Waals surface area (Å²) in [4.78, 5) is 4.54. The van der Waals surface area contributed by atoms with Crippen LogP contribution >= 0.6 is 15.9 Å². The van der Waals surface area contributed by atoms with Gasteiger partial charge in [-0.25, -0.2) is 4.98 Å². The third-order valence-electron chi connectivity index (χ3n) is 3.29. The molecule has 21 heavy (non-hydrogen) atoms. The highest BCUT2D eigenvalue weighted by Crippen LogP contribution is 2.22. The van der Waals surface area contributed by atoms with Gasteiger partial charge in [-0.05, 0) is 35.9 Å². The maximum atomic E-state index is 8.99. The molecule has 1 heterocycles. The highest BCUT2D eigenvalue weighted by atomic mass is 79.9. The van der Waals surface area contributed by atoms with Gasteiger partial charge in [0.25, 0.3) is 0 Å². The highest BCUT2D eigenvalue weighted by molar-refractivity contribution is 9.10. The maximum Gasteiger partial charge on any atom is 0.124 e. The van der Waals surface area contributed by atoms with E-state index in [-0.39, 0.29) is 6.42 Å². The lowest BCUT2D eigenvalue weighted by atomic mass is 10.2. The zero-order valence-corrected chi connectivity index (χ0v) is 12.8. The van der Waals surface area contributed by atoms with E-state index in [9.17, 15) is 0 Å². The second kappa shape index (κ2) is 5.58. The molecule has 0 bridgehead atoms. The fourth-order valence-electron chi connectivity index (χ4n) is 2.46. The van der Waals surface area contributed by atoms with Crippen molar-refractivity contribution in [2.75, 3.05) is 5.73 Å². The topological polar surface area (TPSA) is 67.6 Å². The van der Waals surface area contributed by atoms with E-state index >= 15 is 0 Å². The Morgan fingerprint density at radius 3 is 2.81 bits per heavy atom. The number of nitriles is 1. The number of nitrogen functional groups attached to an aromatic ring is 1. The summed E-state index contributed by atoms with van der Waals surface area (Å²) in [7, 11) is 0. The van der Waals surface area contributed by atoms with E-state index in [1.807, 2.05) is 42.5 Å². The quantitative estimate of drug-likeness (QED) is 0.742. The molecule has 104 valence electrons. The van der Waals surface area contributed by atoms with Crippen LogP contribution < -0.4 is 5.73 Å². The van der Waals surface area contributed by atoms with Crippen LogP contribution in [0.15, 0.2) is 46.9 Å². The summed E-state index contributed by atoms with van der Waals surface area (Å²) in [6.45, 7) is 0.640. The molecule has 0 spiro atoms. The number of hydrogen-bond donors (Lipinski definition) is 1. The Bertz CT molecular complexity index is 825. The second-order valence-electron chi connectivity index (χ2n) is 4.83. The summed E-state index contributed by atoms with van der Waals surface area (Å²) in [5.74, 6) is 0.775. The van der Waals surface area contributed by atoms with Gasteiger partial charge in [-0.2, -0.15) is 5.26 Å². The van der Waals surface area contributed by atoms with E-state index in [1.54, 1.807) is 0 Å². The van der Waals surface area contributed by atoms with Gasteiger partial charge in [-0.3, -0.25) is 0 Å². The van der Waals surface area contributed by atoms with Crippen molar-refractivity contribution in [3.8, 4) is 6.07 Å². The minimum Gasteiger partial charge on any atom is -0.399 e. The molecule has 3 aromatic rings. The van der Waals surface area contributed by atoms with Crippen molar-refractivity contribution >= 4 is 32.7 Å². The molecule has 0 saturated carbocycles. The number of benzene rings is 2. The van der Waals surface area contributed by atoms with Crippen molar-refractivity contribution in [3.63, 3.8) is 0 Å². The Morgan fingerprint density at radius 2 is 2.05 bits per heavy atom. The number of para-hydroxylation sites is 2. The van der Waals surface area contributed by atoms with Crippen LogP contribution in [0.3, 0.4) is 0 Å². The van der Waals surface area contributed by atoms with Crippen molar-refractivity contribution in [1.82, 2.24) is 9.55 Å². The van der Waals surface area contributed by atoms with Gasteiger partial charge in [0.05, 0.1) is 23.5 Å². The molecule has 1 aromatic heterocycles. The third kappa shape index (κ3) is 2.76. The number of imidazole rings is 1. The lowest BCUT2D eigenvalue weighted by Crippen LogP contribution is -2.05. The summed E-state index contributed by atoms with van der Waals surface area (Å²) >= 11 is 3.46. The largest absolute Gasteiger partial charge is 0.399 e. The van der Waals surface area contributed by atoms with Crippen molar-refractivity contribution < 1.29 is 0 Å². The van der Waals surface area contributed by atoms with Gasteiger partial charge >= 0.3 is 0 Å². The van der Waals surface area contributed by atoms with Crippen LogP contribution in [-0.4, -0.2) is 9.55 Å². The van der Waals surface area contributed by atoms with Crippen LogP contribution in [0.4, 0.5) is 5.69 Å². The van der Waals surface area contributed by atoms with Crippen molar-refractivity contribution in [2.45, 2.75) is 13.0 Å². The van der Waals surface area contributed by atoms with Gasteiger partial charge < -0.3 is 10.3 Å². The molecule has 0 aliphatic carbocycles. The van der Waals surface area contributed by atoms with E-state index < -0.39 is 0 Å². The van der Waals surface area contributed by atoms with Crippen molar-refractivity contribution in [1.29, 1.82) is 5.26 Å². The van der Waals surface area contributed by atoms with Crippen LogP contribution in [0.2, 0.25) is 0 Å². The SMILES string of the molecule is N#CCc1nc2ccccc2n1Cc1cc(N)cc(Br)c1. The molecule has 3 rings (SSSR count). The first kappa shape index (κ1) is 13.7. The van der Waals surface area contributed by atoms with Crippen LogP contribution in [-0.2, 0) is 13.0 Å². The Balaban J connectivity index is 2.10. The molecule has 0 amide bonds. The van der Waals surface area contributed by atoms with Crippen molar-refractivity contribution in [3.05, 3.63) is 58.3 Å². The van der Waals surface area contributed by atoms with E-state index in [4.69, 9.17) is 11.0 Å². The predicted octanol–water partition coefficient (Wildman–Crippen LogP) is 3.50. The first-order valence-corrected chi connectivity index (χ1v) is 7.32. The smallest absolute Gasteiger partial charge is 0.124 e. The number of nitrogens with zero attached hydrogens (tertiary/aromatic N) is 3. The minimum absolute atomic E-state index is 0.290. The van der Waals surface area contributed by atoms with E-state index in [2.05, 4.69) is 31.6 Å². The number of nitrogens with two attached hydrogens (primary N) is 1. The number of aromatic nitrogens is 2. The zero-order chi connectivity index (χ0) is 14.8. The summed E-state index contributed by atoms with van der Waals surface area (Å²) in [5.41, 5.74) is 9.61. The molecule has 0 aliphatic rings. The van der Waals surface area contributed by atoms with Gasteiger partial charge in [0.15, 0.2) is 0 Å². The number of anilines is 1. The van der Waals surface area contributed by atoms with Crippen LogP contribution in [0, 0.1) is 11.3 Å². The standard InChI is InChI=1S/C16H13BrN4/c17-12-7-11(8-13(19)9-12)10-21-15-4-2-1-3-14(15)20-16(21)5-6-18/h1-4,7-9H,5,10,19H2. The van der Waals surface area contributed by atoms with E-state index in [0.29, 0.717) is 12.2 Å². The summed E-state index contributed by atoms with van der Waals surface area (Å²) in [6, 6.07) is 15.9. The highest BCUT2D eigenvalue weighted by Gasteiger charge is 2.11. The molecular weight excluding hydrogens is 328 g/mol. The molecule has 0 aliphatic heterocycles. The number of hydrogen-bond acceptors (Lipinski definition) is 3. The van der Waals surface area contributed by atoms with E-state index in [1.165, 1.54) is 0 Å². The Morgan fingerprint density at radius 1 is 1.24 bits per heavy atom. The predicted molar refractivity (Wildman–Crippen MR) is 86.7 cm³/mol. The average molecular weight is 341 g/mol. The summed E-state index contributed by atoms with van der Waals surface area (Å²) < 4.78 is 3.02. The van der Waals surface area contributed by atoms with E-state index in [0.717, 1.165) is 26.9 Å².